The molecule has 2 aromatic rings. The molecule has 4 rings (SSSR count). The zero-order valence-corrected chi connectivity index (χ0v) is 12.2. The highest BCUT2D eigenvalue weighted by Gasteiger charge is 2.55. The first-order chi connectivity index (χ1) is 9.76. The van der Waals surface area contributed by atoms with Crippen LogP contribution in [0.5, 0.6) is 0 Å². The van der Waals surface area contributed by atoms with Crippen molar-refractivity contribution >= 4 is 11.3 Å². The van der Waals surface area contributed by atoms with Gasteiger partial charge in [0.1, 0.15) is 0 Å². The first-order valence-electron chi connectivity index (χ1n) is 6.89. The van der Waals surface area contributed by atoms with Crippen molar-refractivity contribution in [2.45, 2.75) is 18.9 Å². The summed E-state index contributed by atoms with van der Waals surface area (Å²) in [5.74, 6) is 1.92. The highest BCUT2D eigenvalue weighted by Crippen LogP contribution is 2.43. The first-order valence-corrected chi connectivity index (χ1v) is 7.77. The standard InChI is InChI=1S/C14H17N3O2S/c1-10-15-13(19-16-10)14-8-17(5-11(14)7-18-9-14)6-12-3-2-4-20-12/h2-4,11H,5-9H2,1H3/t11-,14-/m1/s1. The second kappa shape index (κ2) is 4.65. The van der Waals surface area contributed by atoms with E-state index in [1.54, 1.807) is 0 Å². The quantitative estimate of drug-likeness (QED) is 0.863. The van der Waals surface area contributed by atoms with Crippen LogP contribution in [0.4, 0.5) is 0 Å². The van der Waals surface area contributed by atoms with E-state index >= 15 is 0 Å². The first kappa shape index (κ1) is 12.5. The number of hydrogen-bond donors (Lipinski definition) is 0. The molecule has 106 valence electrons. The number of aryl methyl sites for hydroxylation is 1. The normalized spacial score (nSPS) is 29.9. The third-order valence-electron chi connectivity index (χ3n) is 4.36. The Balaban J connectivity index is 1.59. The minimum absolute atomic E-state index is 0.0987. The molecule has 0 bridgehead atoms. The summed E-state index contributed by atoms with van der Waals surface area (Å²) in [6, 6.07) is 4.30. The fraction of sp³-hybridized carbons (Fsp3) is 0.571. The van der Waals surface area contributed by atoms with Crippen LogP contribution in [-0.2, 0) is 16.7 Å². The van der Waals surface area contributed by atoms with Gasteiger partial charge in [-0.3, -0.25) is 4.90 Å². The van der Waals surface area contributed by atoms with Crippen LogP contribution in [0.3, 0.4) is 0 Å². The fourth-order valence-corrected chi connectivity index (χ4v) is 4.13. The van der Waals surface area contributed by atoms with Crippen LogP contribution in [0.1, 0.15) is 16.6 Å². The maximum Gasteiger partial charge on any atom is 0.236 e. The van der Waals surface area contributed by atoms with Crippen molar-refractivity contribution < 1.29 is 9.26 Å². The van der Waals surface area contributed by atoms with Gasteiger partial charge in [-0.05, 0) is 18.4 Å². The van der Waals surface area contributed by atoms with Crippen molar-refractivity contribution in [1.29, 1.82) is 0 Å². The van der Waals surface area contributed by atoms with E-state index in [1.807, 2.05) is 18.3 Å². The van der Waals surface area contributed by atoms with Crippen LogP contribution < -0.4 is 0 Å². The van der Waals surface area contributed by atoms with Gasteiger partial charge in [-0.2, -0.15) is 4.98 Å². The van der Waals surface area contributed by atoms with Crippen molar-refractivity contribution in [1.82, 2.24) is 15.0 Å². The SMILES string of the molecule is Cc1noc([C@]23COC[C@H]2CN(Cc2cccs2)C3)n1. The predicted octanol–water partition coefficient (Wildman–Crippen LogP) is 1.84. The van der Waals surface area contributed by atoms with E-state index in [-0.39, 0.29) is 5.41 Å². The Morgan fingerprint density at radius 2 is 2.50 bits per heavy atom. The molecule has 5 nitrogen and oxygen atoms in total. The van der Waals surface area contributed by atoms with E-state index in [0.717, 1.165) is 32.1 Å². The fourth-order valence-electron chi connectivity index (χ4n) is 3.38. The lowest BCUT2D eigenvalue weighted by Crippen LogP contribution is -2.35. The molecule has 2 fully saturated rings. The smallest absolute Gasteiger partial charge is 0.236 e. The van der Waals surface area contributed by atoms with Crippen LogP contribution in [0.25, 0.3) is 0 Å². The van der Waals surface area contributed by atoms with E-state index in [4.69, 9.17) is 9.26 Å². The molecule has 2 aliphatic rings. The number of ether oxygens (including phenoxy) is 1. The van der Waals surface area contributed by atoms with E-state index in [0.29, 0.717) is 18.3 Å². The van der Waals surface area contributed by atoms with Gasteiger partial charge in [0, 0.05) is 30.4 Å². The number of nitrogens with zero attached hydrogens (tertiary/aromatic N) is 3. The van der Waals surface area contributed by atoms with Crippen molar-refractivity contribution in [3.63, 3.8) is 0 Å². The van der Waals surface area contributed by atoms with Crippen LogP contribution >= 0.6 is 11.3 Å². The van der Waals surface area contributed by atoms with Crippen LogP contribution in [0.2, 0.25) is 0 Å². The molecule has 0 spiro atoms. The zero-order valence-electron chi connectivity index (χ0n) is 11.4. The molecule has 0 amide bonds. The molecule has 0 radical (unpaired) electrons. The summed E-state index contributed by atoms with van der Waals surface area (Å²) < 4.78 is 11.2. The zero-order chi connectivity index (χ0) is 13.6. The summed E-state index contributed by atoms with van der Waals surface area (Å²) in [5.41, 5.74) is -0.0987. The molecule has 0 unspecified atom stereocenters. The van der Waals surface area contributed by atoms with Gasteiger partial charge in [-0.1, -0.05) is 11.2 Å². The number of fused-ring (bicyclic) bond motifs is 1. The van der Waals surface area contributed by atoms with Gasteiger partial charge in [-0.25, -0.2) is 0 Å². The van der Waals surface area contributed by atoms with Gasteiger partial charge in [0.2, 0.25) is 5.89 Å². The number of rotatable bonds is 3. The van der Waals surface area contributed by atoms with Gasteiger partial charge < -0.3 is 9.26 Å². The second-order valence-electron chi connectivity index (χ2n) is 5.76. The summed E-state index contributed by atoms with van der Waals surface area (Å²) in [7, 11) is 0. The average Bonchev–Trinajstić information content (AvgIpc) is 3.12. The van der Waals surface area contributed by atoms with E-state index < -0.39 is 0 Å². The number of thiophene rings is 1. The van der Waals surface area contributed by atoms with Crippen molar-refractivity contribution in [2.24, 2.45) is 5.92 Å². The lowest BCUT2D eigenvalue weighted by molar-refractivity contribution is 0.138. The minimum Gasteiger partial charge on any atom is -0.380 e. The molecule has 2 aromatic heterocycles. The summed E-state index contributed by atoms with van der Waals surface area (Å²) in [6.45, 7) is 6.34. The number of aromatic nitrogens is 2. The lowest BCUT2D eigenvalue weighted by Gasteiger charge is -2.22. The molecule has 0 N–H and O–H groups in total. The molecule has 0 aromatic carbocycles. The Labute approximate surface area is 121 Å². The van der Waals surface area contributed by atoms with Crippen LogP contribution in [-0.4, -0.2) is 41.3 Å². The predicted molar refractivity (Wildman–Crippen MR) is 74.6 cm³/mol. The maximum atomic E-state index is 5.71. The number of likely N-dealkylation sites (tertiary alicyclic amines) is 1. The third kappa shape index (κ3) is 1.90. The highest BCUT2D eigenvalue weighted by molar-refractivity contribution is 7.09. The summed E-state index contributed by atoms with van der Waals surface area (Å²) in [4.78, 5) is 8.37. The molecular formula is C14H17N3O2S. The van der Waals surface area contributed by atoms with Crippen LogP contribution in [0.15, 0.2) is 22.0 Å². The van der Waals surface area contributed by atoms with Crippen LogP contribution in [0, 0.1) is 12.8 Å². The Kier molecular flexibility index (Phi) is 2.90. The molecule has 2 atom stereocenters. The highest BCUT2D eigenvalue weighted by atomic mass is 32.1. The molecule has 20 heavy (non-hydrogen) atoms. The van der Waals surface area contributed by atoms with Gasteiger partial charge in [0.15, 0.2) is 5.82 Å². The summed E-state index contributed by atoms with van der Waals surface area (Å²) in [5, 5.41) is 6.09. The number of hydrogen-bond acceptors (Lipinski definition) is 6. The molecular weight excluding hydrogens is 274 g/mol. The molecule has 4 heterocycles. The summed E-state index contributed by atoms with van der Waals surface area (Å²) >= 11 is 1.81. The van der Waals surface area contributed by atoms with Crippen molar-refractivity contribution in [3.05, 3.63) is 34.1 Å². The molecule has 0 aliphatic carbocycles. The Morgan fingerprint density at radius 3 is 3.25 bits per heavy atom. The lowest BCUT2D eigenvalue weighted by atomic mass is 9.81. The van der Waals surface area contributed by atoms with Crippen molar-refractivity contribution in [3.8, 4) is 0 Å². The second-order valence-corrected chi connectivity index (χ2v) is 6.80. The van der Waals surface area contributed by atoms with Crippen molar-refractivity contribution in [2.75, 3.05) is 26.3 Å². The van der Waals surface area contributed by atoms with Gasteiger partial charge in [-0.15, -0.1) is 11.3 Å². The third-order valence-corrected chi connectivity index (χ3v) is 5.22. The Hall–Kier alpha value is -1.24. The monoisotopic (exact) mass is 291 g/mol. The molecule has 2 saturated heterocycles. The largest absolute Gasteiger partial charge is 0.380 e. The Bertz CT molecular complexity index is 597. The topological polar surface area (TPSA) is 51.4 Å². The summed E-state index contributed by atoms with van der Waals surface area (Å²) in [6.07, 6.45) is 0. The maximum absolute atomic E-state index is 5.71. The van der Waals surface area contributed by atoms with E-state index in [9.17, 15) is 0 Å². The minimum atomic E-state index is -0.0987. The van der Waals surface area contributed by atoms with E-state index in [1.165, 1.54) is 4.88 Å². The molecule has 6 heteroatoms. The average molecular weight is 291 g/mol. The van der Waals surface area contributed by atoms with Gasteiger partial charge in [0.05, 0.1) is 18.6 Å². The molecule has 0 saturated carbocycles. The Morgan fingerprint density at radius 1 is 1.55 bits per heavy atom. The van der Waals surface area contributed by atoms with Gasteiger partial charge in [0.25, 0.3) is 0 Å². The molecule has 2 aliphatic heterocycles. The van der Waals surface area contributed by atoms with E-state index in [2.05, 4.69) is 32.6 Å². The van der Waals surface area contributed by atoms with Gasteiger partial charge >= 0.3 is 0 Å².